The van der Waals surface area contributed by atoms with Crippen molar-refractivity contribution >= 4 is 50.3 Å². The summed E-state index contributed by atoms with van der Waals surface area (Å²) < 4.78 is 1.09. The van der Waals surface area contributed by atoms with E-state index < -0.39 is 0 Å². The largest absolute Gasteiger partial charge is 0.351 e. The SMILES string of the molecule is Cc1cc(C)cc(N2C(=S)N[C@@H](c3ccccn3)[C@H]2c2cc(Br)cs2)c1. The zero-order valence-electron chi connectivity index (χ0n) is 14.4. The Labute approximate surface area is 171 Å². The van der Waals surface area contributed by atoms with Crippen molar-refractivity contribution in [3.8, 4) is 0 Å². The van der Waals surface area contributed by atoms with Crippen LogP contribution < -0.4 is 10.2 Å². The monoisotopic (exact) mass is 443 g/mol. The number of hydrogen-bond acceptors (Lipinski definition) is 3. The second-order valence-electron chi connectivity index (χ2n) is 6.51. The molecule has 0 aliphatic carbocycles. The maximum absolute atomic E-state index is 5.75. The molecule has 0 bridgehead atoms. The summed E-state index contributed by atoms with van der Waals surface area (Å²) >= 11 is 11.1. The van der Waals surface area contributed by atoms with Crippen molar-refractivity contribution < 1.29 is 0 Å². The standard InChI is InChI=1S/C20H18BrN3S2/c1-12-7-13(2)9-15(8-12)24-19(17-10-14(21)11-26-17)18(23-20(24)25)16-5-3-4-6-22-16/h3-11,18-19H,1-2H3,(H,23,25)/t18-,19+/m0/s1. The van der Waals surface area contributed by atoms with Gasteiger partial charge in [-0.1, -0.05) is 12.1 Å². The summed E-state index contributed by atoms with van der Waals surface area (Å²) in [4.78, 5) is 8.06. The maximum atomic E-state index is 5.75. The van der Waals surface area contributed by atoms with E-state index in [2.05, 4.69) is 80.7 Å². The Morgan fingerprint density at radius 3 is 2.54 bits per heavy atom. The van der Waals surface area contributed by atoms with E-state index in [-0.39, 0.29) is 12.1 Å². The van der Waals surface area contributed by atoms with E-state index in [1.165, 1.54) is 16.0 Å². The molecule has 1 fully saturated rings. The van der Waals surface area contributed by atoms with Gasteiger partial charge in [-0.3, -0.25) is 4.98 Å². The van der Waals surface area contributed by atoms with Gasteiger partial charge in [0.1, 0.15) is 0 Å². The van der Waals surface area contributed by atoms with Gasteiger partial charge in [-0.2, -0.15) is 0 Å². The van der Waals surface area contributed by atoms with Gasteiger partial charge in [0.05, 0.1) is 17.8 Å². The molecule has 0 amide bonds. The number of thiophene rings is 1. The van der Waals surface area contributed by atoms with E-state index >= 15 is 0 Å². The lowest BCUT2D eigenvalue weighted by atomic mass is 10.0. The summed E-state index contributed by atoms with van der Waals surface area (Å²) in [7, 11) is 0. The van der Waals surface area contributed by atoms with Crippen molar-refractivity contribution in [2.45, 2.75) is 25.9 Å². The number of aryl methyl sites for hydroxylation is 2. The summed E-state index contributed by atoms with van der Waals surface area (Å²) in [6, 6.07) is 14.8. The molecule has 26 heavy (non-hydrogen) atoms. The van der Waals surface area contributed by atoms with Crippen molar-refractivity contribution in [3.63, 3.8) is 0 Å². The average Bonchev–Trinajstić information content (AvgIpc) is 3.18. The van der Waals surface area contributed by atoms with E-state index in [9.17, 15) is 0 Å². The smallest absolute Gasteiger partial charge is 0.174 e. The van der Waals surface area contributed by atoms with Crippen LogP contribution >= 0.6 is 39.5 Å². The van der Waals surface area contributed by atoms with Gasteiger partial charge in [-0.05, 0) is 83.5 Å². The summed E-state index contributed by atoms with van der Waals surface area (Å²) in [5.41, 5.74) is 4.58. The normalized spacial score (nSPS) is 19.7. The van der Waals surface area contributed by atoms with E-state index in [1.807, 2.05) is 18.3 Å². The number of hydrogen-bond donors (Lipinski definition) is 1. The first-order valence-corrected chi connectivity index (χ1v) is 10.4. The first-order chi connectivity index (χ1) is 12.5. The highest BCUT2D eigenvalue weighted by atomic mass is 79.9. The molecule has 2 aromatic heterocycles. The molecular formula is C20H18BrN3S2. The van der Waals surface area contributed by atoms with Gasteiger partial charge in [0.2, 0.25) is 0 Å². The van der Waals surface area contributed by atoms with Crippen LogP contribution in [-0.4, -0.2) is 10.1 Å². The molecule has 1 aliphatic heterocycles. The quantitative estimate of drug-likeness (QED) is 0.525. The lowest BCUT2D eigenvalue weighted by molar-refractivity contribution is 0.575. The topological polar surface area (TPSA) is 28.2 Å². The van der Waals surface area contributed by atoms with Gasteiger partial charge in [-0.25, -0.2) is 0 Å². The predicted molar refractivity (Wildman–Crippen MR) is 116 cm³/mol. The number of anilines is 1. The van der Waals surface area contributed by atoms with Crippen LogP contribution in [0.1, 0.15) is 33.8 Å². The first-order valence-electron chi connectivity index (χ1n) is 8.36. The van der Waals surface area contributed by atoms with Gasteiger partial charge in [0.15, 0.2) is 5.11 Å². The van der Waals surface area contributed by atoms with Crippen molar-refractivity contribution in [1.82, 2.24) is 10.3 Å². The molecule has 0 unspecified atom stereocenters. The van der Waals surface area contributed by atoms with Crippen LogP contribution in [0.2, 0.25) is 0 Å². The molecule has 3 nitrogen and oxygen atoms in total. The Morgan fingerprint density at radius 2 is 1.92 bits per heavy atom. The molecular weight excluding hydrogens is 426 g/mol. The Kier molecular flexibility index (Phi) is 4.82. The summed E-state index contributed by atoms with van der Waals surface area (Å²) in [6.07, 6.45) is 1.83. The molecule has 3 aromatic rings. The maximum Gasteiger partial charge on any atom is 0.174 e. The molecule has 0 radical (unpaired) electrons. The number of thiocarbonyl (C=S) groups is 1. The molecule has 0 saturated carbocycles. The summed E-state index contributed by atoms with van der Waals surface area (Å²) in [5, 5.41) is 6.35. The van der Waals surface area contributed by atoms with E-state index in [1.54, 1.807) is 11.3 Å². The van der Waals surface area contributed by atoms with Crippen LogP contribution in [0.15, 0.2) is 58.5 Å². The Bertz CT molecular complexity index is 934. The molecule has 1 saturated heterocycles. The zero-order chi connectivity index (χ0) is 18.3. The fraction of sp³-hybridized carbons (Fsp3) is 0.200. The summed E-state index contributed by atoms with van der Waals surface area (Å²) in [6.45, 7) is 4.24. The zero-order valence-corrected chi connectivity index (χ0v) is 17.7. The van der Waals surface area contributed by atoms with Gasteiger partial charge in [0.25, 0.3) is 0 Å². The van der Waals surface area contributed by atoms with Crippen LogP contribution in [0.3, 0.4) is 0 Å². The van der Waals surface area contributed by atoms with Crippen molar-refractivity contribution in [2.24, 2.45) is 0 Å². The number of pyridine rings is 1. The minimum absolute atomic E-state index is 0.00932. The first kappa shape index (κ1) is 17.6. The molecule has 6 heteroatoms. The fourth-order valence-corrected chi connectivity index (χ4v) is 5.41. The molecule has 0 spiro atoms. The third-order valence-corrected chi connectivity index (χ3v) is 6.54. The molecule has 2 atom stereocenters. The average molecular weight is 444 g/mol. The highest BCUT2D eigenvalue weighted by molar-refractivity contribution is 9.10. The molecule has 1 aliphatic rings. The third kappa shape index (κ3) is 3.29. The van der Waals surface area contributed by atoms with Crippen LogP contribution in [0.4, 0.5) is 5.69 Å². The van der Waals surface area contributed by atoms with Crippen molar-refractivity contribution in [3.05, 3.63) is 80.2 Å². The van der Waals surface area contributed by atoms with E-state index in [4.69, 9.17) is 12.2 Å². The number of nitrogens with zero attached hydrogens (tertiary/aromatic N) is 2. The molecule has 3 heterocycles. The lowest BCUT2D eigenvalue weighted by Gasteiger charge is -2.27. The number of rotatable bonds is 3. The number of aromatic nitrogens is 1. The van der Waals surface area contributed by atoms with Gasteiger partial charge in [0, 0.05) is 26.6 Å². The number of benzene rings is 1. The molecule has 1 aromatic carbocycles. The van der Waals surface area contributed by atoms with Crippen LogP contribution in [-0.2, 0) is 0 Å². The Hall–Kier alpha value is -1.76. The van der Waals surface area contributed by atoms with Crippen LogP contribution in [0.5, 0.6) is 0 Å². The predicted octanol–water partition coefficient (Wildman–Crippen LogP) is 5.70. The highest BCUT2D eigenvalue weighted by Gasteiger charge is 2.41. The third-order valence-electron chi connectivity index (χ3n) is 4.46. The number of halogens is 1. The second-order valence-corrected chi connectivity index (χ2v) is 8.75. The van der Waals surface area contributed by atoms with Gasteiger partial charge < -0.3 is 10.2 Å². The molecule has 1 N–H and O–H groups in total. The fourth-order valence-electron chi connectivity index (χ4n) is 3.49. The van der Waals surface area contributed by atoms with Crippen LogP contribution in [0.25, 0.3) is 0 Å². The molecule has 4 rings (SSSR count). The second kappa shape index (κ2) is 7.10. The Balaban J connectivity index is 1.85. The van der Waals surface area contributed by atoms with Crippen LogP contribution in [0, 0.1) is 13.8 Å². The highest BCUT2D eigenvalue weighted by Crippen LogP contribution is 2.44. The Morgan fingerprint density at radius 1 is 1.15 bits per heavy atom. The van der Waals surface area contributed by atoms with Gasteiger partial charge in [-0.15, -0.1) is 11.3 Å². The minimum atomic E-state index is 0.00932. The summed E-state index contributed by atoms with van der Waals surface area (Å²) in [5.74, 6) is 0. The van der Waals surface area contributed by atoms with Gasteiger partial charge >= 0.3 is 0 Å². The van der Waals surface area contributed by atoms with E-state index in [0.717, 1.165) is 21.0 Å². The lowest BCUT2D eigenvalue weighted by Crippen LogP contribution is -2.29. The minimum Gasteiger partial charge on any atom is -0.351 e. The van der Waals surface area contributed by atoms with Crippen molar-refractivity contribution in [1.29, 1.82) is 0 Å². The van der Waals surface area contributed by atoms with E-state index in [0.29, 0.717) is 0 Å². The number of nitrogens with one attached hydrogen (secondary N) is 1. The van der Waals surface area contributed by atoms with Crippen molar-refractivity contribution in [2.75, 3.05) is 4.90 Å². The molecule has 132 valence electrons.